The van der Waals surface area contributed by atoms with Crippen molar-refractivity contribution in [1.29, 1.82) is 0 Å². The maximum atomic E-state index is 15.0. The first-order chi connectivity index (χ1) is 16.4. The number of hydrogen-bond acceptors (Lipinski definition) is 5. The Bertz CT molecular complexity index is 1070. The van der Waals surface area contributed by atoms with E-state index in [2.05, 4.69) is 11.8 Å². The van der Waals surface area contributed by atoms with Crippen LogP contribution in [0.25, 0.3) is 0 Å². The first-order valence-corrected chi connectivity index (χ1v) is 11.7. The Balaban J connectivity index is 1.82. The largest absolute Gasteiger partial charge is 0.493 e. The van der Waals surface area contributed by atoms with E-state index in [0.717, 1.165) is 26.1 Å². The molecule has 2 aromatic carbocycles. The standard InChI is InChI=1S/C26H32FN3O4/c1-5-10-29-11-13-30(14-12-29)26(32)23-18-15-21(33-3)22(34-4)16-19(18)25(31)28(2)24(23)17-8-6-7-9-20(17)27/h6-9,15-16,23-24H,5,10-14H2,1-4H3/t23-,24+/m0/s1. The molecule has 8 heteroatoms. The summed E-state index contributed by atoms with van der Waals surface area (Å²) in [6, 6.07) is 8.88. The van der Waals surface area contributed by atoms with Crippen LogP contribution in [-0.2, 0) is 4.79 Å². The van der Waals surface area contributed by atoms with Crippen LogP contribution in [-0.4, -0.2) is 80.5 Å². The zero-order chi connectivity index (χ0) is 24.4. The smallest absolute Gasteiger partial charge is 0.254 e. The van der Waals surface area contributed by atoms with Crippen LogP contribution in [0.2, 0.25) is 0 Å². The molecule has 2 aliphatic heterocycles. The number of methoxy groups -OCH3 is 2. The fourth-order valence-corrected chi connectivity index (χ4v) is 5.12. The summed E-state index contributed by atoms with van der Waals surface area (Å²) in [6.45, 7) is 5.93. The van der Waals surface area contributed by atoms with Gasteiger partial charge in [-0.05, 0) is 36.7 Å². The number of benzene rings is 2. The highest BCUT2D eigenvalue weighted by atomic mass is 19.1. The average Bonchev–Trinajstić information content (AvgIpc) is 2.86. The molecule has 0 radical (unpaired) electrons. The van der Waals surface area contributed by atoms with Crippen LogP contribution in [0.3, 0.4) is 0 Å². The second-order valence-electron chi connectivity index (χ2n) is 8.82. The van der Waals surface area contributed by atoms with E-state index in [0.29, 0.717) is 41.3 Å². The molecule has 1 saturated heterocycles. The van der Waals surface area contributed by atoms with Crippen molar-refractivity contribution >= 4 is 11.8 Å². The van der Waals surface area contributed by atoms with E-state index in [1.807, 2.05) is 4.90 Å². The van der Waals surface area contributed by atoms with Gasteiger partial charge in [0.05, 0.1) is 26.2 Å². The second-order valence-corrected chi connectivity index (χ2v) is 8.82. The summed E-state index contributed by atoms with van der Waals surface area (Å²) in [4.78, 5) is 33.1. The number of carbonyl (C=O) groups is 2. The van der Waals surface area contributed by atoms with Gasteiger partial charge in [0, 0.05) is 44.4 Å². The van der Waals surface area contributed by atoms with Crippen LogP contribution in [0.1, 0.15) is 46.8 Å². The molecular weight excluding hydrogens is 437 g/mol. The predicted octanol–water partition coefficient (Wildman–Crippen LogP) is 3.31. The molecule has 0 spiro atoms. The van der Waals surface area contributed by atoms with Crippen LogP contribution < -0.4 is 9.47 Å². The monoisotopic (exact) mass is 469 g/mol. The number of ether oxygens (including phenoxy) is 2. The summed E-state index contributed by atoms with van der Waals surface area (Å²) in [5.41, 5.74) is 1.23. The van der Waals surface area contributed by atoms with Crippen LogP contribution in [0.5, 0.6) is 11.5 Å². The van der Waals surface area contributed by atoms with Crippen molar-refractivity contribution in [3.63, 3.8) is 0 Å². The van der Waals surface area contributed by atoms with Crippen LogP contribution in [0.15, 0.2) is 36.4 Å². The van der Waals surface area contributed by atoms with Crippen LogP contribution in [0, 0.1) is 5.82 Å². The van der Waals surface area contributed by atoms with Crippen LogP contribution in [0.4, 0.5) is 4.39 Å². The molecule has 0 N–H and O–H groups in total. The molecular formula is C26H32FN3O4. The Hall–Kier alpha value is -3.13. The van der Waals surface area contributed by atoms with Gasteiger partial charge in [0.1, 0.15) is 5.82 Å². The van der Waals surface area contributed by atoms with Gasteiger partial charge in [0.2, 0.25) is 5.91 Å². The maximum Gasteiger partial charge on any atom is 0.254 e. The number of likely N-dealkylation sites (N-methyl/N-ethyl adjacent to an activating group) is 1. The molecule has 0 aromatic heterocycles. The maximum absolute atomic E-state index is 15.0. The normalized spacial score (nSPS) is 20.8. The van der Waals surface area contributed by atoms with E-state index in [1.165, 1.54) is 25.2 Å². The number of nitrogens with zero attached hydrogens (tertiary/aromatic N) is 3. The fraction of sp³-hybridized carbons (Fsp3) is 0.462. The Kier molecular flexibility index (Phi) is 7.07. The zero-order valence-corrected chi connectivity index (χ0v) is 20.2. The van der Waals surface area contributed by atoms with Gasteiger partial charge in [-0.3, -0.25) is 14.5 Å². The third-order valence-electron chi connectivity index (χ3n) is 6.89. The highest BCUT2D eigenvalue weighted by Crippen LogP contribution is 2.46. The Morgan fingerprint density at radius 2 is 1.68 bits per heavy atom. The molecule has 2 aromatic rings. The zero-order valence-electron chi connectivity index (χ0n) is 20.2. The Morgan fingerprint density at radius 3 is 2.29 bits per heavy atom. The lowest BCUT2D eigenvalue weighted by atomic mass is 9.78. The Morgan fingerprint density at radius 1 is 1.03 bits per heavy atom. The average molecular weight is 470 g/mol. The van der Waals surface area contributed by atoms with Crippen molar-refractivity contribution in [3.8, 4) is 11.5 Å². The van der Waals surface area contributed by atoms with Gasteiger partial charge in [-0.15, -0.1) is 0 Å². The number of hydrogen-bond donors (Lipinski definition) is 0. The van der Waals surface area contributed by atoms with E-state index in [4.69, 9.17) is 9.47 Å². The lowest BCUT2D eigenvalue weighted by molar-refractivity contribution is -0.136. The third-order valence-corrected chi connectivity index (χ3v) is 6.89. The quantitative estimate of drug-likeness (QED) is 0.650. The molecule has 0 unspecified atom stereocenters. The molecule has 182 valence electrons. The van der Waals surface area contributed by atoms with Gasteiger partial charge < -0.3 is 19.3 Å². The minimum Gasteiger partial charge on any atom is -0.493 e. The molecule has 2 amide bonds. The van der Waals surface area contributed by atoms with Crippen molar-refractivity contribution in [3.05, 3.63) is 58.9 Å². The third kappa shape index (κ3) is 4.22. The fourth-order valence-electron chi connectivity index (χ4n) is 5.12. The number of piperazine rings is 1. The van der Waals surface area contributed by atoms with E-state index in [1.54, 1.807) is 37.4 Å². The van der Waals surface area contributed by atoms with Gasteiger partial charge in [-0.1, -0.05) is 25.1 Å². The summed E-state index contributed by atoms with van der Waals surface area (Å²) in [6.07, 6.45) is 1.06. The molecule has 0 aliphatic carbocycles. The van der Waals surface area contributed by atoms with Crippen molar-refractivity contribution < 1.29 is 23.5 Å². The lowest BCUT2D eigenvalue weighted by Gasteiger charge is -2.43. The second kappa shape index (κ2) is 10.0. The highest BCUT2D eigenvalue weighted by molar-refractivity contribution is 6.02. The van der Waals surface area contributed by atoms with E-state index >= 15 is 4.39 Å². The summed E-state index contributed by atoms with van der Waals surface area (Å²) in [5, 5.41) is 0. The van der Waals surface area contributed by atoms with Crippen molar-refractivity contribution in [2.24, 2.45) is 0 Å². The molecule has 7 nitrogen and oxygen atoms in total. The number of halogens is 1. The molecule has 2 aliphatic rings. The van der Waals surface area contributed by atoms with Gasteiger partial charge in [0.25, 0.3) is 5.91 Å². The molecule has 34 heavy (non-hydrogen) atoms. The Labute approximate surface area is 200 Å². The van der Waals surface area contributed by atoms with Gasteiger partial charge in [-0.2, -0.15) is 0 Å². The van der Waals surface area contributed by atoms with Crippen molar-refractivity contribution in [1.82, 2.24) is 14.7 Å². The van der Waals surface area contributed by atoms with Crippen LogP contribution >= 0.6 is 0 Å². The minimum absolute atomic E-state index is 0.114. The van der Waals surface area contributed by atoms with Gasteiger partial charge in [0.15, 0.2) is 11.5 Å². The summed E-state index contributed by atoms with van der Waals surface area (Å²) >= 11 is 0. The predicted molar refractivity (Wildman–Crippen MR) is 127 cm³/mol. The first-order valence-electron chi connectivity index (χ1n) is 11.7. The molecule has 2 heterocycles. The van der Waals surface area contributed by atoms with Crippen molar-refractivity contribution in [2.75, 3.05) is 54.0 Å². The van der Waals surface area contributed by atoms with Gasteiger partial charge in [-0.25, -0.2) is 4.39 Å². The highest BCUT2D eigenvalue weighted by Gasteiger charge is 2.46. The van der Waals surface area contributed by atoms with E-state index < -0.39 is 17.8 Å². The first kappa shape index (κ1) is 24.0. The molecule has 2 atom stereocenters. The van der Waals surface area contributed by atoms with Gasteiger partial charge >= 0.3 is 0 Å². The lowest BCUT2D eigenvalue weighted by Crippen LogP contribution is -2.53. The topological polar surface area (TPSA) is 62.3 Å². The number of fused-ring (bicyclic) bond motifs is 1. The summed E-state index contributed by atoms with van der Waals surface area (Å²) < 4.78 is 25.9. The minimum atomic E-state index is -0.777. The molecule has 0 bridgehead atoms. The SMILES string of the molecule is CCCN1CCN(C(=O)[C@H]2c3cc(OC)c(OC)cc3C(=O)N(C)[C@@H]2c2ccccc2F)CC1. The number of carbonyl (C=O) groups excluding carboxylic acids is 2. The molecule has 1 fully saturated rings. The van der Waals surface area contributed by atoms with Crippen molar-refractivity contribution in [2.45, 2.75) is 25.3 Å². The number of rotatable bonds is 6. The molecule has 0 saturated carbocycles. The van der Waals surface area contributed by atoms with E-state index in [-0.39, 0.29) is 11.8 Å². The summed E-state index contributed by atoms with van der Waals surface area (Å²) in [5.74, 6) is -0.782. The number of amides is 2. The molecule has 4 rings (SSSR count). The summed E-state index contributed by atoms with van der Waals surface area (Å²) in [7, 11) is 4.64. The van der Waals surface area contributed by atoms with E-state index in [9.17, 15) is 9.59 Å².